The molecule has 0 aromatic heterocycles. The summed E-state index contributed by atoms with van der Waals surface area (Å²) in [5.41, 5.74) is 5.18. The molecule has 7 nitrogen and oxygen atoms in total. The van der Waals surface area contributed by atoms with Gasteiger partial charge >= 0.3 is 0 Å². The number of hydrazine groups is 1. The number of rotatable bonds is 5. The van der Waals surface area contributed by atoms with Crippen LogP contribution in [0.3, 0.4) is 0 Å². The van der Waals surface area contributed by atoms with Crippen molar-refractivity contribution in [2.75, 3.05) is 13.1 Å². The van der Waals surface area contributed by atoms with Crippen LogP contribution in [0, 0.1) is 5.82 Å². The Balaban J connectivity index is 1.56. The summed E-state index contributed by atoms with van der Waals surface area (Å²) in [6.45, 7) is 1.00. The van der Waals surface area contributed by atoms with Gasteiger partial charge in [0.2, 0.25) is 15.9 Å². The van der Waals surface area contributed by atoms with Crippen molar-refractivity contribution in [1.82, 2.24) is 15.2 Å². The third-order valence-electron chi connectivity index (χ3n) is 4.39. The summed E-state index contributed by atoms with van der Waals surface area (Å²) in [5, 5.41) is 0. The summed E-state index contributed by atoms with van der Waals surface area (Å²) in [4.78, 5) is 24.1. The van der Waals surface area contributed by atoms with Crippen molar-refractivity contribution in [1.29, 1.82) is 0 Å². The Morgan fingerprint density at radius 2 is 1.68 bits per heavy atom. The average molecular weight is 405 g/mol. The Morgan fingerprint density at radius 1 is 1.00 bits per heavy atom. The summed E-state index contributed by atoms with van der Waals surface area (Å²) in [6.07, 6.45) is 1.59. The van der Waals surface area contributed by atoms with E-state index in [9.17, 15) is 22.4 Å². The van der Waals surface area contributed by atoms with E-state index in [1.807, 2.05) is 0 Å². The predicted octanol–water partition coefficient (Wildman–Crippen LogP) is 1.61. The maximum Gasteiger partial charge on any atom is 0.269 e. The maximum atomic E-state index is 13.1. The predicted molar refractivity (Wildman–Crippen MR) is 100 cm³/mol. The highest BCUT2D eigenvalue weighted by atomic mass is 32.2. The molecule has 1 heterocycles. The van der Waals surface area contributed by atoms with Gasteiger partial charge in [-0.2, -0.15) is 4.31 Å². The molecular formula is C19H20FN3O4S. The Hall–Kier alpha value is -2.78. The van der Waals surface area contributed by atoms with Crippen molar-refractivity contribution < 1.29 is 22.4 Å². The molecule has 1 saturated heterocycles. The number of sulfonamides is 1. The van der Waals surface area contributed by atoms with E-state index in [1.165, 1.54) is 46.8 Å². The number of benzene rings is 2. The minimum absolute atomic E-state index is 0.0922. The van der Waals surface area contributed by atoms with Crippen LogP contribution in [-0.4, -0.2) is 37.6 Å². The minimum atomic E-state index is -3.54. The van der Waals surface area contributed by atoms with E-state index in [1.54, 1.807) is 6.07 Å². The van der Waals surface area contributed by atoms with Crippen LogP contribution in [0.1, 0.15) is 28.8 Å². The van der Waals surface area contributed by atoms with Crippen LogP contribution in [0.25, 0.3) is 0 Å². The lowest BCUT2D eigenvalue weighted by atomic mass is 10.1. The average Bonchev–Trinajstić information content (AvgIpc) is 3.22. The molecule has 2 aromatic rings. The highest BCUT2D eigenvalue weighted by Gasteiger charge is 2.27. The molecule has 0 saturated carbocycles. The molecular weight excluding hydrogens is 385 g/mol. The Bertz CT molecular complexity index is 971. The second-order valence-corrected chi connectivity index (χ2v) is 8.38. The van der Waals surface area contributed by atoms with Gasteiger partial charge in [0.1, 0.15) is 5.82 Å². The molecule has 9 heteroatoms. The largest absolute Gasteiger partial charge is 0.273 e. The summed E-state index contributed by atoms with van der Waals surface area (Å²) >= 11 is 0. The van der Waals surface area contributed by atoms with Crippen molar-refractivity contribution in [2.45, 2.75) is 24.2 Å². The Morgan fingerprint density at radius 3 is 2.32 bits per heavy atom. The number of hydrogen-bond donors (Lipinski definition) is 2. The molecule has 1 aliphatic heterocycles. The number of hydrogen-bond acceptors (Lipinski definition) is 4. The van der Waals surface area contributed by atoms with E-state index in [2.05, 4.69) is 10.9 Å². The first-order valence-corrected chi connectivity index (χ1v) is 10.2. The molecule has 0 atom stereocenters. The van der Waals surface area contributed by atoms with Gasteiger partial charge in [0.25, 0.3) is 5.91 Å². The number of nitrogens with zero attached hydrogens (tertiary/aromatic N) is 1. The van der Waals surface area contributed by atoms with Crippen LogP contribution in [-0.2, 0) is 21.2 Å². The van der Waals surface area contributed by atoms with Gasteiger partial charge in [-0.15, -0.1) is 0 Å². The van der Waals surface area contributed by atoms with Crippen LogP contribution in [0.4, 0.5) is 4.39 Å². The van der Waals surface area contributed by atoms with E-state index in [-0.39, 0.29) is 16.9 Å². The van der Waals surface area contributed by atoms with Gasteiger partial charge in [0, 0.05) is 18.7 Å². The van der Waals surface area contributed by atoms with Crippen LogP contribution < -0.4 is 10.9 Å². The van der Waals surface area contributed by atoms with Gasteiger partial charge in [0.05, 0.1) is 11.3 Å². The van der Waals surface area contributed by atoms with E-state index >= 15 is 0 Å². The van der Waals surface area contributed by atoms with Crippen LogP contribution in [0.2, 0.25) is 0 Å². The quantitative estimate of drug-likeness (QED) is 0.739. The molecule has 2 aromatic carbocycles. The third kappa shape index (κ3) is 4.73. The lowest BCUT2D eigenvalue weighted by Crippen LogP contribution is -2.42. The Kier molecular flexibility index (Phi) is 6.05. The van der Waals surface area contributed by atoms with E-state index in [0.29, 0.717) is 18.7 Å². The fraction of sp³-hybridized carbons (Fsp3) is 0.263. The molecule has 0 bridgehead atoms. The third-order valence-corrected chi connectivity index (χ3v) is 6.30. The Labute approximate surface area is 162 Å². The number of halogens is 1. The molecule has 3 rings (SSSR count). The lowest BCUT2D eigenvalue weighted by Gasteiger charge is -2.15. The summed E-state index contributed by atoms with van der Waals surface area (Å²) in [5.74, 6) is -1.54. The van der Waals surface area contributed by atoms with Gasteiger partial charge in [-0.05, 0) is 54.8 Å². The molecule has 0 spiro atoms. The monoisotopic (exact) mass is 405 g/mol. The molecule has 1 aliphatic rings. The number of carbonyl (C=O) groups is 2. The molecule has 0 aliphatic carbocycles. The van der Waals surface area contributed by atoms with Crippen LogP contribution in [0.5, 0.6) is 0 Å². The fourth-order valence-electron chi connectivity index (χ4n) is 2.93. The van der Waals surface area contributed by atoms with E-state index < -0.39 is 27.7 Å². The summed E-state index contributed by atoms with van der Waals surface area (Å²) in [6, 6.07) is 11.1. The SMILES string of the molecule is O=C(Cc1cccc(F)c1)NNC(=O)c1ccc(S(=O)(=O)N2CCCC2)cc1. The zero-order chi connectivity index (χ0) is 20.1. The number of nitrogens with one attached hydrogen (secondary N) is 2. The van der Waals surface area contributed by atoms with Gasteiger partial charge in [0.15, 0.2) is 0 Å². The number of carbonyl (C=O) groups excluding carboxylic acids is 2. The molecule has 0 unspecified atom stereocenters. The van der Waals surface area contributed by atoms with E-state index in [0.717, 1.165) is 12.8 Å². The number of amides is 2. The second kappa shape index (κ2) is 8.49. The fourth-order valence-corrected chi connectivity index (χ4v) is 4.45. The molecule has 2 amide bonds. The zero-order valence-corrected chi connectivity index (χ0v) is 15.8. The standard InChI is InChI=1S/C19H20FN3O4S/c20-16-5-3-4-14(12-16)13-18(24)21-22-19(25)15-6-8-17(9-7-15)28(26,27)23-10-1-2-11-23/h3-9,12H,1-2,10-11,13H2,(H,21,24)(H,22,25). The lowest BCUT2D eigenvalue weighted by molar-refractivity contribution is -0.121. The molecule has 148 valence electrons. The van der Waals surface area contributed by atoms with Crippen molar-refractivity contribution >= 4 is 21.8 Å². The second-order valence-electron chi connectivity index (χ2n) is 6.44. The van der Waals surface area contributed by atoms with Crippen LogP contribution in [0.15, 0.2) is 53.4 Å². The molecule has 28 heavy (non-hydrogen) atoms. The van der Waals surface area contributed by atoms with Gasteiger partial charge in [-0.3, -0.25) is 20.4 Å². The van der Waals surface area contributed by atoms with Gasteiger partial charge in [-0.25, -0.2) is 12.8 Å². The highest BCUT2D eigenvalue weighted by molar-refractivity contribution is 7.89. The molecule has 0 radical (unpaired) electrons. The van der Waals surface area contributed by atoms with Crippen molar-refractivity contribution in [3.8, 4) is 0 Å². The van der Waals surface area contributed by atoms with Gasteiger partial charge in [-0.1, -0.05) is 12.1 Å². The topological polar surface area (TPSA) is 95.6 Å². The first-order valence-electron chi connectivity index (χ1n) is 8.80. The van der Waals surface area contributed by atoms with Crippen LogP contribution >= 0.6 is 0 Å². The maximum absolute atomic E-state index is 13.1. The first kappa shape index (κ1) is 20.0. The first-order chi connectivity index (χ1) is 13.4. The smallest absolute Gasteiger partial charge is 0.269 e. The highest BCUT2D eigenvalue weighted by Crippen LogP contribution is 2.21. The molecule has 2 N–H and O–H groups in total. The summed E-state index contributed by atoms with van der Waals surface area (Å²) < 4.78 is 39.5. The zero-order valence-electron chi connectivity index (χ0n) is 15.0. The minimum Gasteiger partial charge on any atom is -0.273 e. The molecule has 1 fully saturated rings. The van der Waals surface area contributed by atoms with E-state index in [4.69, 9.17) is 0 Å². The van der Waals surface area contributed by atoms with Crippen molar-refractivity contribution in [2.24, 2.45) is 0 Å². The van der Waals surface area contributed by atoms with Crippen molar-refractivity contribution in [3.63, 3.8) is 0 Å². The van der Waals surface area contributed by atoms with Crippen molar-refractivity contribution in [3.05, 3.63) is 65.5 Å². The van der Waals surface area contributed by atoms with Gasteiger partial charge < -0.3 is 0 Å². The normalized spacial score (nSPS) is 14.6. The summed E-state index contributed by atoms with van der Waals surface area (Å²) in [7, 11) is -3.54.